The molecule has 0 spiro atoms. The van der Waals surface area contributed by atoms with E-state index in [1.54, 1.807) is 0 Å². The summed E-state index contributed by atoms with van der Waals surface area (Å²) < 4.78 is 69.5. The van der Waals surface area contributed by atoms with E-state index in [-0.39, 0.29) is 49.0 Å². The number of nitrogen functional groups attached to an aromatic ring is 1. The second-order valence-corrected chi connectivity index (χ2v) is 7.20. The van der Waals surface area contributed by atoms with Crippen LogP contribution in [-0.4, -0.2) is 34.3 Å². The predicted molar refractivity (Wildman–Crippen MR) is 114 cm³/mol. The fourth-order valence-electron chi connectivity index (χ4n) is 2.98. The fraction of sp³-hybridized carbons (Fsp3) is 0.200. The van der Waals surface area contributed by atoms with Crippen molar-refractivity contribution < 1.29 is 36.6 Å². The molecule has 3 aromatic rings. The maximum atomic E-state index is 14.7. The Labute approximate surface area is 198 Å². The molecule has 186 valence electrons. The Bertz CT molecular complexity index is 1450. The number of benzene rings is 1. The van der Waals surface area contributed by atoms with Crippen LogP contribution in [-0.2, 0) is 18.0 Å². The number of nitrogens with zero attached hydrogens (tertiary/aromatic N) is 3. The predicted octanol–water partition coefficient (Wildman–Crippen LogP) is 2.91. The van der Waals surface area contributed by atoms with E-state index in [0.29, 0.717) is 6.07 Å². The molecule has 2 heterocycles. The molecule has 3 rings (SSSR count). The zero-order valence-electron chi connectivity index (χ0n) is 18.1. The normalized spacial score (nSPS) is 11.3. The van der Waals surface area contributed by atoms with Crippen molar-refractivity contribution in [2.75, 3.05) is 20.0 Å². The van der Waals surface area contributed by atoms with Gasteiger partial charge in [0.25, 0.3) is 5.56 Å². The molecular formula is C20H15ClF4N4O6. The summed E-state index contributed by atoms with van der Waals surface area (Å²) in [6, 6.07) is 2.77. The number of hydrogen-bond donors (Lipinski definition) is 1. The fourth-order valence-corrected chi connectivity index (χ4v) is 3.17. The third-order valence-electron chi connectivity index (χ3n) is 4.66. The number of aromatic nitrogens is 3. The summed E-state index contributed by atoms with van der Waals surface area (Å²) >= 11 is 6.01. The highest BCUT2D eigenvalue weighted by Gasteiger charge is 2.35. The number of halogens is 5. The Kier molecular flexibility index (Phi) is 6.78. The Balaban J connectivity index is 2.18. The molecule has 2 N–H and O–H groups in total. The number of methoxy groups -OCH3 is 2. The summed E-state index contributed by atoms with van der Waals surface area (Å²) in [6.45, 7) is 0. The lowest BCUT2D eigenvalue weighted by molar-refractivity contribution is -0.144. The van der Waals surface area contributed by atoms with E-state index in [2.05, 4.69) is 9.72 Å². The van der Waals surface area contributed by atoms with Crippen LogP contribution in [0.2, 0.25) is 5.02 Å². The minimum atomic E-state index is -5.00. The van der Waals surface area contributed by atoms with Crippen LogP contribution in [0.25, 0.3) is 5.69 Å². The van der Waals surface area contributed by atoms with Gasteiger partial charge in [-0.3, -0.25) is 9.36 Å². The third kappa shape index (κ3) is 4.77. The summed E-state index contributed by atoms with van der Waals surface area (Å²) in [5.41, 5.74) is 0.0462. The summed E-state index contributed by atoms with van der Waals surface area (Å²) in [7, 11) is 3.09. The van der Waals surface area contributed by atoms with Gasteiger partial charge < -0.3 is 19.9 Å². The Morgan fingerprint density at radius 1 is 1.11 bits per heavy atom. The minimum absolute atomic E-state index is 0.0401. The molecule has 0 unspecified atom stereocenters. The molecule has 0 saturated heterocycles. The standard InChI is InChI=1S/C20H15ClF4N4O6/c1-28-13(20(23,24)25)7-15(30)29(19(28)32)10-5-11(8(21)4-9(10)22)35-14-6-12(33-2)16(26)17(27-14)18(31)34-3/h4-7H,26H2,1-3H3. The lowest BCUT2D eigenvalue weighted by Gasteiger charge is -2.16. The van der Waals surface area contributed by atoms with Gasteiger partial charge in [-0.1, -0.05) is 11.6 Å². The van der Waals surface area contributed by atoms with Crippen LogP contribution in [0.3, 0.4) is 0 Å². The van der Waals surface area contributed by atoms with Gasteiger partial charge in [0.15, 0.2) is 5.69 Å². The first-order valence-corrected chi connectivity index (χ1v) is 9.68. The van der Waals surface area contributed by atoms with Crippen LogP contribution in [0.5, 0.6) is 17.4 Å². The Hall–Kier alpha value is -4.07. The molecule has 0 fully saturated rings. The molecule has 0 aliphatic rings. The van der Waals surface area contributed by atoms with Gasteiger partial charge in [0.2, 0.25) is 5.88 Å². The summed E-state index contributed by atoms with van der Waals surface area (Å²) in [6.07, 6.45) is -5.00. The highest BCUT2D eigenvalue weighted by atomic mass is 35.5. The smallest absolute Gasteiger partial charge is 0.431 e. The monoisotopic (exact) mass is 518 g/mol. The molecule has 15 heteroatoms. The van der Waals surface area contributed by atoms with Crippen LogP contribution in [0.15, 0.2) is 33.9 Å². The summed E-state index contributed by atoms with van der Waals surface area (Å²) in [4.78, 5) is 40.7. The molecule has 0 aliphatic carbocycles. The molecular weight excluding hydrogens is 504 g/mol. The van der Waals surface area contributed by atoms with Gasteiger partial charge in [0.05, 0.1) is 24.9 Å². The molecule has 0 bridgehead atoms. The van der Waals surface area contributed by atoms with Crippen LogP contribution < -0.4 is 26.5 Å². The average molecular weight is 519 g/mol. The molecule has 0 amide bonds. The third-order valence-corrected chi connectivity index (χ3v) is 4.96. The molecule has 10 nitrogen and oxygen atoms in total. The quantitative estimate of drug-likeness (QED) is 0.403. The maximum absolute atomic E-state index is 14.7. The van der Waals surface area contributed by atoms with Gasteiger partial charge in [-0.15, -0.1) is 0 Å². The van der Waals surface area contributed by atoms with Crippen molar-refractivity contribution in [3.63, 3.8) is 0 Å². The van der Waals surface area contributed by atoms with Gasteiger partial charge in [-0.05, 0) is 6.07 Å². The van der Waals surface area contributed by atoms with Crippen molar-refractivity contribution in [1.29, 1.82) is 0 Å². The van der Waals surface area contributed by atoms with Crippen molar-refractivity contribution in [3.05, 3.63) is 67.3 Å². The molecule has 0 radical (unpaired) electrons. The van der Waals surface area contributed by atoms with Gasteiger partial charge >= 0.3 is 17.8 Å². The van der Waals surface area contributed by atoms with Crippen LogP contribution in [0, 0.1) is 5.82 Å². The number of nitrogens with two attached hydrogens (primary N) is 1. The Morgan fingerprint density at radius 3 is 2.34 bits per heavy atom. The molecule has 0 atom stereocenters. The maximum Gasteiger partial charge on any atom is 0.431 e. The molecule has 35 heavy (non-hydrogen) atoms. The van der Waals surface area contributed by atoms with Gasteiger partial charge in [0, 0.05) is 25.2 Å². The van der Waals surface area contributed by atoms with Gasteiger partial charge in [-0.2, -0.15) is 13.2 Å². The Morgan fingerprint density at radius 2 is 1.77 bits per heavy atom. The van der Waals surface area contributed by atoms with Gasteiger partial charge in [0.1, 0.15) is 28.7 Å². The lowest BCUT2D eigenvalue weighted by atomic mass is 10.2. The zero-order valence-corrected chi connectivity index (χ0v) is 18.8. The molecule has 1 aromatic carbocycles. The lowest BCUT2D eigenvalue weighted by Crippen LogP contribution is -2.41. The number of ether oxygens (including phenoxy) is 3. The first-order valence-electron chi connectivity index (χ1n) is 9.30. The first-order chi connectivity index (χ1) is 16.3. The molecule has 0 saturated carbocycles. The van der Waals surface area contributed by atoms with Crippen molar-refractivity contribution in [1.82, 2.24) is 14.1 Å². The van der Waals surface area contributed by atoms with E-state index in [4.69, 9.17) is 26.8 Å². The van der Waals surface area contributed by atoms with Crippen molar-refractivity contribution in [2.24, 2.45) is 7.05 Å². The van der Waals surface area contributed by atoms with E-state index < -0.39 is 40.6 Å². The zero-order chi connectivity index (χ0) is 26.2. The van der Waals surface area contributed by atoms with E-state index >= 15 is 0 Å². The highest BCUT2D eigenvalue weighted by molar-refractivity contribution is 6.32. The SMILES string of the molecule is COC(=O)c1nc(Oc2cc(-n3c(=O)cc(C(F)(F)F)n(C)c3=O)c(F)cc2Cl)cc(OC)c1N. The second kappa shape index (κ2) is 9.29. The van der Waals surface area contributed by atoms with E-state index in [0.717, 1.165) is 26.3 Å². The van der Waals surface area contributed by atoms with E-state index in [1.807, 2.05) is 0 Å². The summed E-state index contributed by atoms with van der Waals surface area (Å²) in [5, 5.41) is -0.361. The number of anilines is 1. The summed E-state index contributed by atoms with van der Waals surface area (Å²) in [5.74, 6) is -2.88. The molecule has 0 aliphatic heterocycles. The number of pyridine rings is 1. The van der Waals surface area contributed by atoms with Gasteiger partial charge in [-0.25, -0.2) is 23.5 Å². The average Bonchev–Trinajstić information content (AvgIpc) is 2.78. The number of carbonyl (C=O) groups is 1. The second-order valence-electron chi connectivity index (χ2n) is 6.80. The topological polar surface area (TPSA) is 128 Å². The van der Waals surface area contributed by atoms with E-state index in [9.17, 15) is 31.9 Å². The largest absolute Gasteiger partial charge is 0.494 e. The number of rotatable bonds is 5. The number of carbonyl (C=O) groups excluding carboxylic acids is 1. The van der Waals surface area contributed by atoms with E-state index in [1.165, 1.54) is 7.11 Å². The highest BCUT2D eigenvalue weighted by Crippen LogP contribution is 2.35. The number of hydrogen-bond acceptors (Lipinski definition) is 8. The first kappa shape index (κ1) is 25.6. The van der Waals surface area contributed by atoms with Crippen molar-refractivity contribution in [2.45, 2.75) is 6.18 Å². The van der Waals surface area contributed by atoms with Crippen LogP contribution >= 0.6 is 11.6 Å². The minimum Gasteiger partial charge on any atom is -0.494 e. The number of alkyl halides is 3. The molecule has 2 aromatic heterocycles. The number of esters is 1. The van der Waals surface area contributed by atoms with Crippen molar-refractivity contribution >= 4 is 23.3 Å². The van der Waals surface area contributed by atoms with Crippen LogP contribution in [0.4, 0.5) is 23.2 Å². The van der Waals surface area contributed by atoms with Crippen LogP contribution in [0.1, 0.15) is 16.2 Å². The van der Waals surface area contributed by atoms with Crippen molar-refractivity contribution in [3.8, 4) is 23.1 Å².